The second-order valence-electron chi connectivity index (χ2n) is 5.18. The molecule has 0 radical (unpaired) electrons. The fourth-order valence-corrected chi connectivity index (χ4v) is 2.27. The summed E-state index contributed by atoms with van der Waals surface area (Å²) in [5.74, 6) is -0.00352. The van der Waals surface area contributed by atoms with E-state index in [1.54, 1.807) is 0 Å². The van der Waals surface area contributed by atoms with E-state index in [2.05, 4.69) is 10.3 Å². The number of aryl methyl sites for hydroxylation is 2. The molecule has 0 saturated heterocycles. The van der Waals surface area contributed by atoms with Gasteiger partial charge in [0.2, 0.25) is 0 Å². The van der Waals surface area contributed by atoms with E-state index in [0.29, 0.717) is 6.54 Å². The molecule has 0 fully saturated rings. The topological polar surface area (TPSA) is 48.1 Å². The number of amides is 1. The molecule has 0 bridgehead atoms. The number of fused-ring (bicyclic) bond motifs is 1. The quantitative estimate of drug-likeness (QED) is 0.883. The van der Waals surface area contributed by atoms with Crippen LogP contribution in [-0.2, 0) is 0 Å². The Kier molecular flexibility index (Phi) is 3.90. The molecule has 1 heterocycles. The standard InChI is InChI=1S/C15H21N3O/c1-10-6-5-7-12-13(11(2)17-14(10)12)15(19)16-8-9-18(3)4/h5-7,17H,8-9H2,1-4H3,(H,16,19). The number of likely N-dealkylation sites (N-methyl/N-ethyl adjacent to an activating group) is 1. The monoisotopic (exact) mass is 259 g/mol. The van der Waals surface area contributed by atoms with E-state index in [4.69, 9.17) is 0 Å². The predicted molar refractivity (Wildman–Crippen MR) is 78.7 cm³/mol. The second kappa shape index (κ2) is 5.45. The van der Waals surface area contributed by atoms with Crippen LogP contribution >= 0.6 is 0 Å². The van der Waals surface area contributed by atoms with Gasteiger partial charge in [0.15, 0.2) is 0 Å². The van der Waals surface area contributed by atoms with Gasteiger partial charge in [0.05, 0.1) is 5.56 Å². The Labute approximate surface area is 113 Å². The molecule has 2 rings (SSSR count). The summed E-state index contributed by atoms with van der Waals surface area (Å²) in [4.78, 5) is 17.6. The smallest absolute Gasteiger partial charge is 0.253 e. The van der Waals surface area contributed by atoms with Gasteiger partial charge in [0, 0.05) is 29.7 Å². The number of aromatic nitrogens is 1. The number of benzene rings is 1. The lowest BCUT2D eigenvalue weighted by atomic mass is 10.1. The Hall–Kier alpha value is -1.81. The van der Waals surface area contributed by atoms with Crippen LogP contribution in [0.3, 0.4) is 0 Å². The fourth-order valence-electron chi connectivity index (χ4n) is 2.27. The number of aromatic amines is 1. The molecule has 4 nitrogen and oxygen atoms in total. The first kappa shape index (κ1) is 13.6. The van der Waals surface area contributed by atoms with Crippen LogP contribution in [0.5, 0.6) is 0 Å². The van der Waals surface area contributed by atoms with Crippen LogP contribution in [0, 0.1) is 13.8 Å². The molecule has 0 aliphatic carbocycles. The Morgan fingerprint density at radius 2 is 2.05 bits per heavy atom. The third-order valence-electron chi connectivity index (χ3n) is 3.30. The SMILES string of the molecule is Cc1[nH]c2c(C)cccc2c1C(=O)NCCN(C)C. The van der Waals surface area contributed by atoms with E-state index in [1.807, 2.05) is 51.0 Å². The van der Waals surface area contributed by atoms with Crippen molar-refractivity contribution in [3.63, 3.8) is 0 Å². The normalized spacial score (nSPS) is 11.2. The summed E-state index contributed by atoms with van der Waals surface area (Å²) >= 11 is 0. The first-order chi connectivity index (χ1) is 9.00. The van der Waals surface area contributed by atoms with Crippen LogP contribution in [-0.4, -0.2) is 43.0 Å². The molecule has 1 aromatic carbocycles. The maximum Gasteiger partial charge on any atom is 0.253 e. The van der Waals surface area contributed by atoms with Crippen LogP contribution in [0.25, 0.3) is 10.9 Å². The van der Waals surface area contributed by atoms with Crippen LogP contribution in [0.1, 0.15) is 21.6 Å². The van der Waals surface area contributed by atoms with Crippen molar-refractivity contribution in [3.05, 3.63) is 35.0 Å². The molecule has 0 spiro atoms. The van der Waals surface area contributed by atoms with Gasteiger partial charge in [-0.3, -0.25) is 4.79 Å². The van der Waals surface area contributed by atoms with E-state index in [1.165, 1.54) is 0 Å². The minimum absolute atomic E-state index is 0.00352. The van der Waals surface area contributed by atoms with E-state index < -0.39 is 0 Å². The average molecular weight is 259 g/mol. The van der Waals surface area contributed by atoms with Crippen molar-refractivity contribution >= 4 is 16.8 Å². The highest BCUT2D eigenvalue weighted by molar-refractivity contribution is 6.08. The van der Waals surface area contributed by atoms with E-state index in [0.717, 1.165) is 34.3 Å². The van der Waals surface area contributed by atoms with Gasteiger partial charge < -0.3 is 15.2 Å². The minimum Gasteiger partial charge on any atom is -0.358 e. The molecule has 102 valence electrons. The van der Waals surface area contributed by atoms with Crippen molar-refractivity contribution < 1.29 is 4.79 Å². The highest BCUT2D eigenvalue weighted by atomic mass is 16.1. The van der Waals surface area contributed by atoms with Crippen molar-refractivity contribution in [1.82, 2.24) is 15.2 Å². The summed E-state index contributed by atoms with van der Waals surface area (Å²) in [6, 6.07) is 6.03. The van der Waals surface area contributed by atoms with Crippen LogP contribution < -0.4 is 5.32 Å². The molecule has 0 aliphatic rings. The van der Waals surface area contributed by atoms with Gasteiger partial charge in [-0.25, -0.2) is 0 Å². The van der Waals surface area contributed by atoms with Gasteiger partial charge >= 0.3 is 0 Å². The molecule has 0 atom stereocenters. The zero-order valence-corrected chi connectivity index (χ0v) is 12.0. The first-order valence-electron chi connectivity index (χ1n) is 6.51. The first-order valence-corrected chi connectivity index (χ1v) is 6.51. The summed E-state index contributed by atoms with van der Waals surface area (Å²) in [5, 5.41) is 3.97. The fraction of sp³-hybridized carbons (Fsp3) is 0.400. The third kappa shape index (κ3) is 2.79. The van der Waals surface area contributed by atoms with Crippen molar-refractivity contribution in [3.8, 4) is 0 Å². The number of hydrogen-bond donors (Lipinski definition) is 2. The lowest BCUT2D eigenvalue weighted by Gasteiger charge is -2.10. The van der Waals surface area contributed by atoms with Gasteiger partial charge in [0.25, 0.3) is 5.91 Å². The maximum absolute atomic E-state index is 12.3. The van der Waals surface area contributed by atoms with Gasteiger partial charge in [-0.15, -0.1) is 0 Å². The molecular weight excluding hydrogens is 238 g/mol. The zero-order chi connectivity index (χ0) is 14.0. The second-order valence-corrected chi connectivity index (χ2v) is 5.18. The summed E-state index contributed by atoms with van der Waals surface area (Å²) in [6.07, 6.45) is 0. The molecule has 19 heavy (non-hydrogen) atoms. The van der Waals surface area contributed by atoms with Gasteiger partial charge in [-0.05, 0) is 33.5 Å². The van der Waals surface area contributed by atoms with Gasteiger partial charge in [-0.1, -0.05) is 18.2 Å². The lowest BCUT2D eigenvalue weighted by Crippen LogP contribution is -2.31. The molecule has 0 unspecified atom stereocenters. The van der Waals surface area contributed by atoms with Crippen LogP contribution in [0.2, 0.25) is 0 Å². The number of H-pyrrole nitrogens is 1. The molecule has 1 aromatic heterocycles. The Morgan fingerprint density at radius 1 is 1.32 bits per heavy atom. The molecule has 2 aromatic rings. The number of nitrogens with one attached hydrogen (secondary N) is 2. The summed E-state index contributed by atoms with van der Waals surface area (Å²) < 4.78 is 0. The Morgan fingerprint density at radius 3 is 2.74 bits per heavy atom. The Bertz CT molecular complexity index is 599. The Balaban J connectivity index is 2.27. The van der Waals surface area contributed by atoms with E-state index in [9.17, 15) is 4.79 Å². The number of hydrogen-bond acceptors (Lipinski definition) is 2. The lowest BCUT2D eigenvalue weighted by molar-refractivity contribution is 0.0952. The minimum atomic E-state index is -0.00352. The molecular formula is C15H21N3O. The number of para-hydroxylation sites is 1. The summed E-state index contributed by atoms with van der Waals surface area (Å²) in [5.41, 5.74) is 3.90. The number of carbonyl (C=O) groups excluding carboxylic acids is 1. The maximum atomic E-state index is 12.3. The summed E-state index contributed by atoms with van der Waals surface area (Å²) in [6.45, 7) is 5.49. The zero-order valence-electron chi connectivity index (χ0n) is 12.0. The van der Waals surface area contributed by atoms with Crippen molar-refractivity contribution in [2.75, 3.05) is 27.2 Å². The number of carbonyl (C=O) groups is 1. The molecule has 0 saturated carbocycles. The average Bonchev–Trinajstić information content (AvgIpc) is 2.66. The van der Waals surface area contributed by atoms with Crippen molar-refractivity contribution in [2.45, 2.75) is 13.8 Å². The predicted octanol–water partition coefficient (Wildman–Crippen LogP) is 2.08. The van der Waals surface area contributed by atoms with Gasteiger partial charge in [0.1, 0.15) is 0 Å². The van der Waals surface area contributed by atoms with E-state index in [-0.39, 0.29) is 5.91 Å². The number of nitrogens with zero attached hydrogens (tertiary/aromatic N) is 1. The number of rotatable bonds is 4. The molecule has 0 aliphatic heterocycles. The van der Waals surface area contributed by atoms with E-state index >= 15 is 0 Å². The molecule has 4 heteroatoms. The highest BCUT2D eigenvalue weighted by Gasteiger charge is 2.16. The van der Waals surface area contributed by atoms with Gasteiger partial charge in [-0.2, -0.15) is 0 Å². The molecule has 2 N–H and O–H groups in total. The van der Waals surface area contributed by atoms with Crippen LogP contribution in [0.15, 0.2) is 18.2 Å². The largest absolute Gasteiger partial charge is 0.358 e. The third-order valence-corrected chi connectivity index (χ3v) is 3.30. The summed E-state index contributed by atoms with van der Waals surface area (Å²) in [7, 11) is 3.99. The van der Waals surface area contributed by atoms with Crippen molar-refractivity contribution in [1.29, 1.82) is 0 Å². The van der Waals surface area contributed by atoms with Crippen LogP contribution in [0.4, 0.5) is 0 Å². The highest BCUT2D eigenvalue weighted by Crippen LogP contribution is 2.24. The van der Waals surface area contributed by atoms with Crippen molar-refractivity contribution in [2.24, 2.45) is 0 Å². The molecule has 1 amide bonds.